The van der Waals surface area contributed by atoms with Gasteiger partial charge in [-0.3, -0.25) is 4.90 Å². The van der Waals surface area contributed by atoms with Gasteiger partial charge in [0, 0.05) is 12.5 Å². The summed E-state index contributed by atoms with van der Waals surface area (Å²) < 4.78 is 0. The van der Waals surface area contributed by atoms with Gasteiger partial charge in [0.25, 0.3) is 0 Å². The molecule has 0 amide bonds. The molecule has 0 aromatic carbocycles. The van der Waals surface area contributed by atoms with Crippen molar-refractivity contribution in [3.05, 3.63) is 0 Å². The van der Waals surface area contributed by atoms with Crippen LogP contribution in [0.25, 0.3) is 0 Å². The van der Waals surface area contributed by atoms with Gasteiger partial charge >= 0.3 is 0 Å². The minimum absolute atomic E-state index is 0.492. The first-order chi connectivity index (χ1) is 9.36. The second kappa shape index (κ2) is 4.76. The van der Waals surface area contributed by atoms with Gasteiger partial charge in [0.15, 0.2) is 0 Å². The molecular formula is C16H26N2O. The Morgan fingerprint density at radius 3 is 2.63 bits per heavy atom. The van der Waals surface area contributed by atoms with Crippen molar-refractivity contribution in [2.24, 2.45) is 28.8 Å². The summed E-state index contributed by atoms with van der Waals surface area (Å²) in [4.78, 5) is 2.69. The van der Waals surface area contributed by atoms with Crippen LogP contribution in [0.2, 0.25) is 0 Å². The van der Waals surface area contributed by atoms with Gasteiger partial charge in [-0.15, -0.1) is 0 Å². The Bertz CT molecular complexity index is 381. The van der Waals surface area contributed by atoms with Crippen molar-refractivity contribution in [2.75, 3.05) is 13.1 Å². The van der Waals surface area contributed by atoms with E-state index in [0.29, 0.717) is 12.0 Å². The lowest BCUT2D eigenvalue weighted by molar-refractivity contribution is 0.0602. The maximum atomic E-state index is 9.38. The second-order valence-electron chi connectivity index (χ2n) is 7.33. The van der Waals surface area contributed by atoms with E-state index < -0.39 is 0 Å². The Kier molecular flexibility index (Phi) is 3.06. The number of hydrogen-bond acceptors (Lipinski definition) is 3. The Morgan fingerprint density at radius 1 is 0.947 bits per heavy atom. The highest BCUT2D eigenvalue weighted by molar-refractivity contribution is 5.94. The summed E-state index contributed by atoms with van der Waals surface area (Å²) in [5, 5.41) is 13.1. The van der Waals surface area contributed by atoms with Gasteiger partial charge < -0.3 is 5.21 Å². The molecule has 3 aliphatic carbocycles. The van der Waals surface area contributed by atoms with E-state index in [2.05, 4.69) is 10.1 Å². The number of nitrogens with zero attached hydrogens (tertiary/aromatic N) is 2. The van der Waals surface area contributed by atoms with Crippen molar-refractivity contribution in [1.82, 2.24) is 4.90 Å². The van der Waals surface area contributed by atoms with Crippen LogP contribution in [0.4, 0.5) is 0 Å². The molecule has 3 saturated carbocycles. The predicted octanol–water partition coefficient (Wildman–Crippen LogP) is 3.13. The largest absolute Gasteiger partial charge is 0.411 e. The molecule has 4 aliphatic rings. The number of fused-ring (bicyclic) bond motifs is 3. The standard InChI is InChI=1S/C16H26N2O/c19-17-15-12-5-6-13(9-12)16(15)18-8-7-11-3-1-2-4-14(11)10-18/h11-14,16,19H,1-10H2/b17-15+/t11-,12-,13+,14-,16+/m0/s1. The minimum Gasteiger partial charge on any atom is -0.411 e. The fourth-order valence-electron chi connectivity index (χ4n) is 5.56. The molecule has 1 aliphatic heterocycles. The second-order valence-corrected chi connectivity index (χ2v) is 7.33. The number of likely N-dealkylation sites (tertiary alicyclic amines) is 1. The molecule has 3 heteroatoms. The number of hydrogen-bond donors (Lipinski definition) is 1. The van der Waals surface area contributed by atoms with E-state index in [9.17, 15) is 5.21 Å². The molecule has 106 valence electrons. The highest BCUT2D eigenvalue weighted by atomic mass is 16.4. The van der Waals surface area contributed by atoms with Gasteiger partial charge in [-0.2, -0.15) is 0 Å². The zero-order valence-electron chi connectivity index (χ0n) is 11.8. The van der Waals surface area contributed by atoms with E-state index in [1.54, 1.807) is 0 Å². The molecular weight excluding hydrogens is 236 g/mol. The molecule has 0 unspecified atom stereocenters. The summed E-state index contributed by atoms with van der Waals surface area (Å²) in [6.45, 7) is 2.52. The van der Waals surface area contributed by atoms with Crippen LogP contribution in [0.5, 0.6) is 0 Å². The zero-order chi connectivity index (χ0) is 12.8. The van der Waals surface area contributed by atoms with Gasteiger partial charge in [-0.05, 0) is 56.4 Å². The third kappa shape index (κ3) is 1.93. The third-order valence-electron chi connectivity index (χ3n) is 6.47. The average molecular weight is 262 g/mol. The van der Waals surface area contributed by atoms with Crippen molar-refractivity contribution in [2.45, 2.75) is 57.4 Å². The molecule has 1 saturated heterocycles. The van der Waals surface area contributed by atoms with Crippen molar-refractivity contribution in [3.8, 4) is 0 Å². The van der Waals surface area contributed by atoms with E-state index in [0.717, 1.165) is 23.5 Å². The smallest absolute Gasteiger partial charge is 0.0775 e. The number of piperidine rings is 1. The van der Waals surface area contributed by atoms with Crippen molar-refractivity contribution in [3.63, 3.8) is 0 Å². The predicted molar refractivity (Wildman–Crippen MR) is 75.5 cm³/mol. The van der Waals surface area contributed by atoms with E-state index >= 15 is 0 Å². The first kappa shape index (κ1) is 12.2. The maximum Gasteiger partial charge on any atom is 0.0775 e. The number of oxime groups is 1. The number of rotatable bonds is 1. The minimum atomic E-state index is 0.492. The highest BCUT2D eigenvalue weighted by Crippen LogP contribution is 2.47. The monoisotopic (exact) mass is 262 g/mol. The molecule has 1 heterocycles. The van der Waals surface area contributed by atoms with Gasteiger partial charge in [0.2, 0.25) is 0 Å². The molecule has 4 fully saturated rings. The van der Waals surface area contributed by atoms with Crippen molar-refractivity contribution < 1.29 is 5.21 Å². The van der Waals surface area contributed by atoms with E-state index in [1.807, 2.05) is 0 Å². The molecule has 0 aromatic rings. The van der Waals surface area contributed by atoms with Crippen LogP contribution in [0.1, 0.15) is 51.4 Å². The molecule has 0 spiro atoms. The lowest BCUT2D eigenvalue weighted by Gasteiger charge is -2.45. The summed E-state index contributed by atoms with van der Waals surface area (Å²) in [7, 11) is 0. The van der Waals surface area contributed by atoms with E-state index in [1.165, 1.54) is 64.5 Å². The normalized spacial score (nSPS) is 48.6. The fourth-order valence-corrected chi connectivity index (χ4v) is 5.56. The topological polar surface area (TPSA) is 35.8 Å². The van der Waals surface area contributed by atoms with Crippen LogP contribution in [-0.4, -0.2) is 35.0 Å². The van der Waals surface area contributed by atoms with Crippen LogP contribution in [0.3, 0.4) is 0 Å². The van der Waals surface area contributed by atoms with Crippen LogP contribution < -0.4 is 0 Å². The Labute approximate surface area is 116 Å². The van der Waals surface area contributed by atoms with E-state index in [4.69, 9.17) is 0 Å². The zero-order valence-corrected chi connectivity index (χ0v) is 11.8. The molecule has 3 nitrogen and oxygen atoms in total. The summed E-state index contributed by atoms with van der Waals surface area (Å²) in [6, 6.07) is 0.492. The van der Waals surface area contributed by atoms with Crippen LogP contribution in [-0.2, 0) is 0 Å². The molecule has 0 radical (unpaired) electrons. The lowest BCUT2D eigenvalue weighted by Crippen LogP contribution is -2.51. The molecule has 0 aromatic heterocycles. The highest BCUT2D eigenvalue weighted by Gasteiger charge is 2.49. The van der Waals surface area contributed by atoms with Crippen molar-refractivity contribution in [1.29, 1.82) is 0 Å². The summed E-state index contributed by atoms with van der Waals surface area (Å²) >= 11 is 0. The molecule has 19 heavy (non-hydrogen) atoms. The van der Waals surface area contributed by atoms with Crippen LogP contribution >= 0.6 is 0 Å². The average Bonchev–Trinajstić information content (AvgIpc) is 3.07. The fraction of sp³-hybridized carbons (Fsp3) is 0.938. The Balaban J connectivity index is 1.50. The quantitative estimate of drug-likeness (QED) is 0.582. The molecule has 5 atom stereocenters. The van der Waals surface area contributed by atoms with Crippen LogP contribution in [0.15, 0.2) is 5.16 Å². The van der Waals surface area contributed by atoms with E-state index in [-0.39, 0.29) is 0 Å². The molecule has 2 bridgehead atoms. The van der Waals surface area contributed by atoms with Gasteiger partial charge in [-0.1, -0.05) is 24.4 Å². The first-order valence-electron chi connectivity index (χ1n) is 8.32. The summed E-state index contributed by atoms with van der Waals surface area (Å²) in [5.41, 5.74) is 1.13. The lowest BCUT2D eigenvalue weighted by atomic mass is 9.74. The van der Waals surface area contributed by atoms with Gasteiger partial charge in [0.1, 0.15) is 0 Å². The third-order valence-corrected chi connectivity index (χ3v) is 6.47. The van der Waals surface area contributed by atoms with Gasteiger partial charge in [-0.25, -0.2) is 0 Å². The SMILES string of the molecule is O/N=C1\[C@H]2CC[C@H](C2)[C@H]1N1CC[C@@H]2CCCC[C@H]2C1. The summed E-state index contributed by atoms with van der Waals surface area (Å²) in [6.07, 6.45) is 11.1. The molecule has 1 N–H and O–H groups in total. The van der Waals surface area contributed by atoms with Gasteiger partial charge in [0.05, 0.1) is 11.8 Å². The first-order valence-corrected chi connectivity index (χ1v) is 8.32. The molecule has 4 rings (SSSR count). The Hall–Kier alpha value is -0.570. The Morgan fingerprint density at radius 2 is 1.79 bits per heavy atom. The van der Waals surface area contributed by atoms with Crippen LogP contribution in [0, 0.1) is 23.7 Å². The summed E-state index contributed by atoms with van der Waals surface area (Å²) in [5.74, 6) is 3.32. The van der Waals surface area contributed by atoms with Crippen molar-refractivity contribution >= 4 is 5.71 Å². The maximum absolute atomic E-state index is 9.38.